The number of benzene rings is 2. The third-order valence-corrected chi connectivity index (χ3v) is 5.47. The topological polar surface area (TPSA) is 34.2 Å². The molecule has 0 radical (unpaired) electrons. The molecule has 3 nitrogen and oxygen atoms in total. The van der Waals surface area contributed by atoms with Crippen molar-refractivity contribution >= 4 is 55.7 Å². The summed E-state index contributed by atoms with van der Waals surface area (Å²) in [7, 11) is 0. The van der Waals surface area contributed by atoms with E-state index in [0.717, 1.165) is 10.5 Å². The Bertz CT molecular complexity index is 1100. The van der Waals surface area contributed by atoms with Crippen LogP contribution in [0.5, 0.6) is 0 Å². The fraction of sp³-hybridized carbons (Fsp3) is 0.105. The van der Waals surface area contributed by atoms with Gasteiger partial charge in [0.05, 0.1) is 11.2 Å². The van der Waals surface area contributed by atoms with Crippen molar-refractivity contribution < 1.29 is 18.0 Å². The van der Waals surface area contributed by atoms with Gasteiger partial charge in [0.15, 0.2) is 0 Å². The maximum absolute atomic E-state index is 14.1. The highest BCUT2D eigenvalue weighted by Gasteiger charge is 2.59. The normalized spacial score (nSPS) is 19.6. The molecule has 0 aliphatic carbocycles. The molecular formula is C19H10BrCl2F3N2O. The second-order valence-corrected chi connectivity index (χ2v) is 7.88. The molecule has 0 saturated heterocycles. The third-order valence-electron chi connectivity index (χ3n) is 4.39. The van der Waals surface area contributed by atoms with E-state index in [1.165, 1.54) is 18.2 Å². The van der Waals surface area contributed by atoms with Crippen LogP contribution in [-0.4, -0.2) is 11.2 Å². The molecule has 144 valence electrons. The highest BCUT2D eigenvalue weighted by Crippen LogP contribution is 2.48. The van der Waals surface area contributed by atoms with Crippen LogP contribution in [0.2, 0.25) is 10.0 Å². The summed E-state index contributed by atoms with van der Waals surface area (Å²) < 4.78 is 43.1. The number of nitrogens with one attached hydrogen (secondary N) is 1. The smallest absolute Gasteiger partial charge is 0.265 e. The van der Waals surface area contributed by atoms with Crippen molar-refractivity contribution in [1.82, 2.24) is 10.5 Å². The standard InChI is InChI=1S/C19H10BrCl2F3N2O/c20-15-4-3-13(14-2-1-5-26-17(14)15)16-9-18(28-27-16,19(23,24)25)10-6-11(21)8-12(22)7-10/h1-9,27H. The van der Waals surface area contributed by atoms with Crippen LogP contribution in [0.1, 0.15) is 11.1 Å². The highest BCUT2D eigenvalue weighted by atomic mass is 79.9. The zero-order valence-corrected chi connectivity index (χ0v) is 16.9. The largest absolute Gasteiger partial charge is 0.428 e. The first kappa shape index (κ1) is 19.5. The van der Waals surface area contributed by atoms with Crippen molar-refractivity contribution in [3.8, 4) is 0 Å². The Morgan fingerprint density at radius 1 is 1.07 bits per heavy atom. The summed E-state index contributed by atoms with van der Waals surface area (Å²) in [5.41, 5.74) is 0.779. The van der Waals surface area contributed by atoms with Gasteiger partial charge in [0, 0.05) is 37.2 Å². The molecule has 1 unspecified atom stereocenters. The summed E-state index contributed by atoms with van der Waals surface area (Å²) in [6.07, 6.45) is -2.17. The monoisotopic (exact) mass is 488 g/mol. The van der Waals surface area contributed by atoms with E-state index in [2.05, 4.69) is 26.4 Å². The van der Waals surface area contributed by atoms with Crippen molar-refractivity contribution in [2.24, 2.45) is 0 Å². The number of alkyl halides is 3. The third kappa shape index (κ3) is 3.16. The van der Waals surface area contributed by atoms with E-state index in [-0.39, 0.29) is 21.3 Å². The molecule has 2 heterocycles. The molecule has 3 aromatic rings. The molecule has 0 saturated carbocycles. The molecule has 1 aliphatic rings. The Balaban J connectivity index is 1.93. The van der Waals surface area contributed by atoms with Gasteiger partial charge in [-0.15, -0.1) is 0 Å². The van der Waals surface area contributed by atoms with Gasteiger partial charge >= 0.3 is 6.18 Å². The number of hydrogen-bond acceptors (Lipinski definition) is 3. The van der Waals surface area contributed by atoms with Crippen LogP contribution >= 0.6 is 39.1 Å². The second kappa shape index (κ2) is 6.91. The predicted octanol–water partition coefficient (Wildman–Crippen LogP) is 6.64. The van der Waals surface area contributed by atoms with Gasteiger partial charge < -0.3 is 0 Å². The maximum Gasteiger partial charge on any atom is 0.428 e. The predicted molar refractivity (Wildman–Crippen MR) is 106 cm³/mol. The van der Waals surface area contributed by atoms with E-state index in [1.807, 2.05) is 0 Å². The van der Waals surface area contributed by atoms with Crippen LogP contribution in [-0.2, 0) is 10.4 Å². The molecule has 2 aromatic carbocycles. The second-order valence-electron chi connectivity index (χ2n) is 6.15. The van der Waals surface area contributed by atoms with E-state index in [1.54, 1.807) is 30.5 Å². The number of hydrogen-bond donors (Lipinski definition) is 1. The van der Waals surface area contributed by atoms with E-state index in [0.29, 0.717) is 16.5 Å². The highest BCUT2D eigenvalue weighted by molar-refractivity contribution is 9.10. The van der Waals surface area contributed by atoms with Crippen LogP contribution in [0.25, 0.3) is 16.6 Å². The lowest BCUT2D eigenvalue weighted by Gasteiger charge is -2.28. The van der Waals surface area contributed by atoms with E-state index in [4.69, 9.17) is 28.0 Å². The van der Waals surface area contributed by atoms with E-state index < -0.39 is 11.8 Å². The van der Waals surface area contributed by atoms with Gasteiger partial charge in [-0.1, -0.05) is 35.3 Å². The first-order valence-electron chi connectivity index (χ1n) is 7.95. The molecule has 1 N–H and O–H groups in total. The van der Waals surface area contributed by atoms with Crippen molar-refractivity contribution in [1.29, 1.82) is 0 Å². The lowest BCUT2D eigenvalue weighted by molar-refractivity contribution is -0.269. The van der Waals surface area contributed by atoms with Gasteiger partial charge in [-0.3, -0.25) is 15.3 Å². The van der Waals surface area contributed by atoms with Gasteiger partial charge in [-0.2, -0.15) is 13.2 Å². The van der Waals surface area contributed by atoms with Crippen LogP contribution in [0, 0.1) is 0 Å². The summed E-state index contributed by atoms with van der Waals surface area (Å²) in [5, 5.41) is 0.825. The number of nitrogens with zero attached hydrogens (tertiary/aromatic N) is 1. The van der Waals surface area contributed by atoms with Crippen LogP contribution < -0.4 is 5.48 Å². The summed E-state index contributed by atoms with van der Waals surface area (Å²) in [4.78, 5) is 9.41. The molecule has 1 atom stereocenters. The number of aromatic nitrogens is 1. The summed E-state index contributed by atoms with van der Waals surface area (Å²) in [5.74, 6) is 0. The minimum atomic E-state index is -4.76. The van der Waals surface area contributed by atoms with Gasteiger partial charge in [-0.05, 0) is 52.3 Å². The minimum absolute atomic E-state index is 0.0786. The number of fused-ring (bicyclic) bond motifs is 1. The number of pyridine rings is 1. The SMILES string of the molecule is FC(F)(F)C1(c2cc(Cl)cc(Cl)c2)C=C(c2ccc(Br)c3ncccc23)NO1. The summed E-state index contributed by atoms with van der Waals surface area (Å²) >= 11 is 15.3. The Labute approximate surface area is 176 Å². The number of rotatable bonds is 2. The Morgan fingerprint density at radius 3 is 2.46 bits per heavy atom. The molecule has 1 aliphatic heterocycles. The fourth-order valence-electron chi connectivity index (χ4n) is 3.12. The molecule has 0 spiro atoms. The molecule has 1 aromatic heterocycles. The van der Waals surface area contributed by atoms with Gasteiger partial charge in [0.25, 0.3) is 0 Å². The molecule has 28 heavy (non-hydrogen) atoms. The van der Waals surface area contributed by atoms with Crippen molar-refractivity contribution in [3.05, 3.63) is 80.4 Å². The Hall–Kier alpha value is -1.80. The number of halogens is 6. The van der Waals surface area contributed by atoms with E-state index in [9.17, 15) is 13.2 Å². The van der Waals surface area contributed by atoms with Gasteiger partial charge in [-0.25, -0.2) is 0 Å². The fourth-order valence-corrected chi connectivity index (χ4v) is 4.09. The molecular weight excluding hydrogens is 480 g/mol. The molecule has 4 rings (SSSR count). The van der Waals surface area contributed by atoms with Crippen LogP contribution in [0.3, 0.4) is 0 Å². The first-order chi connectivity index (χ1) is 13.2. The van der Waals surface area contributed by atoms with Crippen LogP contribution in [0.15, 0.2) is 59.2 Å². The average Bonchev–Trinajstić information content (AvgIpc) is 3.08. The lowest BCUT2D eigenvalue weighted by Crippen LogP contribution is -2.42. The molecule has 0 bridgehead atoms. The zero-order chi connectivity index (χ0) is 20.1. The molecule has 0 amide bonds. The van der Waals surface area contributed by atoms with E-state index >= 15 is 0 Å². The van der Waals surface area contributed by atoms with Crippen molar-refractivity contribution in [2.75, 3.05) is 0 Å². The van der Waals surface area contributed by atoms with Crippen LogP contribution in [0.4, 0.5) is 13.2 Å². The lowest BCUT2D eigenvalue weighted by atomic mass is 9.91. The van der Waals surface area contributed by atoms with Crippen molar-refractivity contribution in [3.63, 3.8) is 0 Å². The first-order valence-corrected chi connectivity index (χ1v) is 9.50. The quantitative estimate of drug-likeness (QED) is 0.438. The summed E-state index contributed by atoms with van der Waals surface area (Å²) in [6.45, 7) is 0. The Morgan fingerprint density at radius 2 is 1.79 bits per heavy atom. The zero-order valence-electron chi connectivity index (χ0n) is 13.8. The van der Waals surface area contributed by atoms with Gasteiger partial charge in [0.1, 0.15) is 0 Å². The number of hydroxylamine groups is 1. The molecule has 9 heteroatoms. The molecule has 0 fully saturated rings. The Kier molecular flexibility index (Phi) is 4.82. The van der Waals surface area contributed by atoms with Crippen molar-refractivity contribution in [2.45, 2.75) is 11.8 Å². The van der Waals surface area contributed by atoms with Gasteiger partial charge in [0.2, 0.25) is 5.60 Å². The average molecular weight is 490 g/mol. The minimum Gasteiger partial charge on any atom is -0.265 e. The maximum atomic E-state index is 14.1. The summed E-state index contributed by atoms with van der Waals surface area (Å²) in [6, 6.07) is 10.6.